The van der Waals surface area contributed by atoms with Gasteiger partial charge in [-0.15, -0.1) is 0 Å². The van der Waals surface area contributed by atoms with E-state index in [1.165, 1.54) is 6.42 Å². The fourth-order valence-electron chi connectivity index (χ4n) is 3.83. The number of hydrogen-bond donors (Lipinski definition) is 3. The number of benzene rings is 1. The van der Waals surface area contributed by atoms with Crippen molar-refractivity contribution in [2.45, 2.75) is 64.0 Å². The van der Waals surface area contributed by atoms with Gasteiger partial charge in [0.15, 0.2) is 0 Å². The van der Waals surface area contributed by atoms with Crippen LogP contribution in [0.15, 0.2) is 24.3 Å². The molecule has 1 aliphatic carbocycles. The van der Waals surface area contributed by atoms with Crippen LogP contribution in [0.25, 0.3) is 0 Å². The number of ether oxygens (including phenoxy) is 1. The molecule has 148 valence electrons. The van der Waals surface area contributed by atoms with Gasteiger partial charge in [-0.2, -0.15) is 0 Å². The van der Waals surface area contributed by atoms with Crippen LogP contribution in [-0.4, -0.2) is 31.2 Å². The van der Waals surface area contributed by atoms with Gasteiger partial charge >= 0.3 is 6.03 Å². The Bertz CT molecular complexity index is 623. The third-order valence-corrected chi connectivity index (χ3v) is 5.40. The number of carbonyl (C=O) groups is 2. The molecular weight excluding hydrogens is 342 g/mol. The first-order chi connectivity index (χ1) is 13.2. The maximum Gasteiger partial charge on any atom is 0.315 e. The molecule has 27 heavy (non-hydrogen) atoms. The second kappa shape index (κ2) is 10.3. The molecule has 0 spiro atoms. The van der Waals surface area contributed by atoms with Crippen LogP contribution in [0.1, 0.15) is 56.9 Å². The fourth-order valence-corrected chi connectivity index (χ4v) is 3.83. The van der Waals surface area contributed by atoms with E-state index in [0.717, 1.165) is 62.8 Å². The van der Waals surface area contributed by atoms with Gasteiger partial charge in [0.2, 0.25) is 5.91 Å². The minimum Gasteiger partial charge on any atom is -0.378 e. The molecular formula is C21H31N3O3. The Morgan fingerprint density at radius 2 is 1.89 bits per heavy atom. The van der Waals surface area contributed by atoms with Crippen LogP contribution in [0.2, 0.25) is 0 Å². The Balaban J connectivity index is 1.38. The lowest BCUT2D eigenvalue weighted by Gasteiger charge is -2.20. The van der Waals surface area contributed by atoms with Crippen LogP contribution in [0.3, 0.4) is 0 Å². The normalized spacial score (nSPS) is 20.2. The second-order valence-electron chi connectivity index (χ2n) is 7.56. The lowest BCUT2D eigenvalue weighted by atomic mass is 9.88. The summed E-state index contributed by atoms with van der Waals surface area (Å²) in [6.07, 6.45) is 8.84. The van der Waals surface area contributed by atoms with Crippen molar-refractivity contribution in [3.8, 4) is 0 Å². The highest BCUT2D eigenvalue weighted by Crippen LogP contribution is 2.25. The Morgan fingerprint density at radius 1 is 1.04 bits per heavy atom. The van der Waals surface area contributed by atoms with E-state index in [0.29, 0.717) is 13.1 Å². The van der Waals surface area contributed by atoms with Crippen molar-refractivity contribution in [3.05, 3.63) is 29.8 Å². The Hall–Kier alpha value is -2.08. The summed E-state index contributed by atoms with van der Waals surface area (Å²) < 4.78 is 5.55. The first kappa shape index (κ1) is 19.7. The van der Waals surface area contributed by atoms with Gasteiger partial charge in [0.25, 0.3) is 0 Å². The van der Waals surface area contributed by atoms with Crippen molar-refractivity contribution >= 4 is 17.6 Å². The molecule has 2 aliphatic rings. The number of hydrogen-bond acceptors (Lipinski definition) is 3. The molecule has 6 heteroatoms. The van der Waals surface area contributed by atoms with Gasteiger partial charge in [0.1, 0.15) is 0 Å². The highest BCUT2D eigenvalue weighted by molar-refractivity contribution is 5.92. The molecule has 0 aromatic heterocycles. The number of rotatable bonds is 7. The fraction of sp³-hybridized carbons (Fsp3) is 0.619. The van der Waals surface area contributed by atoms with Crippen molar-refractivity contribution < 1.29 is 14.3 Å². The third-order valence-electron chi connectivity index (χ3n) is 5.40. The summed E-state index contributed by atoms with van der Waals surface area (Å²) in [6, 6.07) is 7.50. The lowest BCUT2D eigenvalue weighted by molar-refractivity contribution is -0.120. The Kier molecular flexibility index (Phi) is 7.51. The first-order valence-electron chi connectivity index (χ1n) is 10.2. The zero-order valence-electron chi connectivity index (χ0n) is 16.0. The average Bonchev–Trinajstić information content (AvgIpc) is 3.21. The number of nitrogens with one attached hydrogen (secondary N) is 3. The minimum atomic E-state index is -0.176. The van der Waals surface area contributed by atoms with Gasteiger partial charge in [-0.25, -0.2) is 4.79 Å². The second-order valence-corrected chi connectivity index (χ2v) is 7.56. The molecule has 3 N–H and O–H groups in total. The smallest absolute Gasteiger partial charge is 0.315 e. The van der Waals surface area contributed by atoms with Gasteiger partial charge < -0.3 is 20.7 Å². The van der Waals surface area contributed by atoms with Crippen LogP contribution < -0.4 is 16.0 Å². The van der Waals surface area contributed by atoms with E-state index < -0.39 is 0 Å². The van der Waals surface area contributed by atoms with Gasteiger partial charge in [0, 0.05) is 31.3 Å². The van der Waals surface area contributed by atoms with E-state index in [-0.39, 0.29) is 24.0 Å². The van der Waals surface area contributed by atoms with Crippen molar-refractivity contribution in [2.24, 2.45) is 5.92 Å². The Morgan fingerprint density at radius 3 is 2.67 bits per heavy atom. The van der Waals surface area contributed by atoms with E-state index in [2.05, 4.69) is 16.0 Å². The third kappa shape index (κ3) is 6.54. The molecule has 1 atom stereocenters. The molecule has 3 rings (SSSR count). The average molecular weight is 373 g/mol. The van der Waals surface area contributed by atoms with Gasteiger partial charge in [0.05, 0.1) is 6.10 Å². The van der Waals surface area contributed by atoms with Crippen molar-refractivity contribution in [3.63, 3.8) is 0 Å². The van der Waals surface area contributed by atoms with Crippen molar-refractivity contribution in [2.75, 3.05) is 18.5 Å². The maximum absolute atomic E-state index is 12.4. The van der Waals surface area contributed by atoms with E-state index in [4.69, 9.17) is 4.74 Å². The van der Waals surface area contributed by atoms with E-state index in [9.17, 15) is 9.59 Å². The van der Waals surface area contributed by atoms with Gasteiger partial charge in [-0.3, -0.25) is 4.79 Å². The SMILES string of the molecule is O=C(NCCC1CCCO1)NCc1cccc(NC(=O)C2CCCCC2)c1. The van der Waals surface area contributed by atoms with Crippen molar-refractivity contribution in [1.82, 2.24) is 10.6 Å². The number of urea groups is 1. The largest absolute Gasteiger partial charge is 0.378 e. The van der Waals surface area contributed by atoms with E-state index >= 15 is 0 Å². The summed E-state index contributed by atoms with van der Waals surface area (Å²) in [7, 11) is 0. The molecule has 1 unspecified atom stereocenters. The number of amides is 3. The zero-order valence-corrected chi connectivity index (χ0v) is 16.0. The quantitative estimate of drug-likeness (QED) is 0.683. The zero-order chi connectivity index (χ0) is 18.9. The van der Waals surface area contributed by atoms with E-state index in [1.807, 2.05) is 24.3 Å². The molecule has 1 heterocycles. The molecule has 3 amide bonds. The highest BCUT2D eigenvalue weighted by Gasteiger charge is 2.21. The van der Waals surface area contributed by atoms with Crippen LogP contribution in [0.5, 0.6) is 0 Å². The van der Waals surface area contributed by atoms with Crippen molar-refractivity contribution in [1.29, 1.82) is 0 Å². The van der Waals surface area contributed by atoms with Gasteiger partial charge in [-0.05, 0) is 49.8 Å². The molecule has 0 radical (unpaired) electrons. The molecule has 6 nitrogen and oxygen atoms in total. The topological polar surface area (TPSA) is 79.5 Å². The van der Waals surface area contributed by atoms with E-state index in [1.54, 1.807) is 0 Å². The predicted molar refractivity (Wildman–Crippen MR) is 105 cm³/mol. The monoisotopic (exact) mass is 373 g/mol. The van der Waals surface area contributed by atoms with Crippen LogP contribution in [0, 0.1) is 5.92 Å². The Labute approximate surface area is 161 Å². The minimum absolute atomic E-state index is 0.117. The predicted octanol–water partition coefficient (Wildman–Crippen LogP) is 3.57. The summed E-state index contributed by atoms with van der Waals surface area (Å²) in [4.78, 5) is 24.3. The number of carbonyl (C=O) groups excluding carboxylic acids is 2. The van der Waals surface area contributed by atoms with Gasteiger partial charge in [-0.1, -0.05) is 31.4 Å². The van der Waals surface area contributed by atoms with Crippen LogP contribution in [-0.2, 0) is 16.1 Å². The summed E-state index contributed by atoms with van der Waals surface area (Å²) in [5, 5.41) is 8.76. The highest BCUT2D eigenvalue weighted by atomic mass is 16.5. The lowest BCUT2D eigenvalue weighted by Crippen LogP contribution is -2.36. The summed E-state index contributed by atoms with van der Waals surface area (Å²) >= 11 is 0. The summed E-state index contributed by atoms with van der Waals surface area (Å²) in [5.41, 5.74) is 1.76. The molecule has 1 saturated carbocycles. The molecule has 1 aliphatic heterocycles. The van der Waals surface area contributed by atoms with Crippen LogP contribution >= 0.6 is 0 Å². The van der Waals surface area contributed by atoms with Crippen LogP contribution in [0.4, 0.5) is 10.5 Å². The molecule has 1 aromatic rings. The number of anilines is 1. The molecule has 1 saturated heterocycles. The maximum atomic E-state index is 12.4. The first-order valence-corrected chi connectivity index (χ1v) is 10.2. The molecule has 1 aromatic carbocycles. The summed E-state index contributed by atoms with van der Waals surface area (Å²) in [5.74, 6) is 0.252. The summed E-state index contributed by atoms with van der Waals surface area (Å²) in [6.45, 7) is 1.89. The standard InChI is InChI=1S/C21H31N3O3/c25-20(17-7-2-1-3-8-17)24-18-9-4-6-16(14-18)15-23-21(26)22-12-11-19-10-5-13-27-19/h4,6,9,14,17,19H,1-3,5,7-8,10-13,15H2,(H,24,25)(H2,22,23,26). The molecule has 0 bridgehead atoms. The molecule has 2 fully saturated rings.